The molecular formula is C71H77N7O15S2. The minimum absolute atomic E-state index is 0.0130. The number of ether oxygens (including phenoxy) is 4. The Labute approximate surface area is 553 Å². The molecule has 95 heavy (non-hydrogen) atoms. The van der Waals surface area contributed by atoms with Gasteiger partial charge in [0, 0.05) is 80.8 Å². The van der Waals surface area contributed by atoms with E-state index >= 15 is 0 Å². The molecule has 0 fully saturated rings. The molecule has 5 aliphatic heterocycles. The van der Waals surface area contributed by atoms with Gasteiger partial charge in [-0.3, -0.25) is 48.4 Å². The molecule has 22 nitrogen and oxygen atoms in total. The quantitative estimate of drug-likeness (QED) is 0.0365. The summed E-state index contributed by atoms with van der Waals surface area (Å²) in [5, 5.41) is 5.84. The van der Waals surface area contributed by atoms with Gasteiger partial charge in [-0.25, -0.2) is 16.8 Å². The predicted octanol–water partition coefficient (Wildman–Crippen LogP) is 9.64. The number of aliphatic imine (C=N–C) groups is 2. The Hall–Kier alpha value is -9.55. The highest BCUT2D eigenvalue weighted by Gasteiger charge is 2.35. The fourth-order valence-corrected chi connectivity index (χ4v) is 13.8. The lowest BCUT2D eigenvalue weighted by Gasteiger charge is -2.32. The largest absolute Gasteiger partial charge is 0.493 e. The number of sulfone groups is 2. The van der Waals surface area contributed by atoms with Gasteiger partial charge in [0.25, 0.3) is 23.6 Å². The molecule has 0 radical (unpaired) electrons. The van der Waals surface area contributed by atoms with Gasteiger partial charge in [0.15, 0.2) is 48.5 Å². The minimum Gasteiger partial charge on any atom is -0.493 e. The highest BCUT2D eigenvalue weighted by atomic mass is 32.2. The summed E-state index contributed by atoms with van der Waals surface area (Å²) < 4.78 is 74.7. The highest BCUT2D eigenvalue weighted by Crippen LogP contribution is 2.42. The zero-order valence-electron chi connectivity index (χ0n) is 54.1. The van der Waals surface area contributed by atoms with Gasteiger partial charge < -0.3 is 39.4 Å². The minimum atomic E-state index is -3.39. The number of nitrogens with zero attached hydrogens (tertiary/aromatic N) is 5. The number of carbonyl (C=O) groups excluding carboxylic acids is 7. The molecule has 4 atom stereocenters. The molecular weight excluding hydrogens is 1250 g/mol. The maximum absolute atomic E-state index is 14.3. The van der Waals surface area contributed by atoms with Crippen LogP contribution < -0.4 is 29.6 Å². The molecule has 0 bridgehead atoms. The van der Waals surface area contributed by atoms with Gasteiger partial charge in [0.05, 0.1) is 76.1 Å². The monoisotopic (exact) mass is 1330 g/mol. The Morgan fingerprint density at radius 1 is 0.611 bits per heavy atom. The van der Waals surface area contributed by atoms with Crippen LogP contribution in [0.2, 0.25) is 0 Å². The molecule has 0 saturated heterocycles. The second-order valence-electron chi connectivity index (χ2n) is 24.3. The van der Waals surface area contributed by atoms with Crippen molar-refractivity contribution >= 4 is 102 Å². The van der Waals surface area contributed by atoms with Crippen molar-refractivity contribution in [1.29, 1.82) is 0 Å². The number of methoxy groups -OCH3 is 2. The summed E-state index contributed by atoms with van der Waals surface area (Å²) in [4.78, 5) is 108. The van der Waals surface area contributed by atoms with Crippen LogP contribution in [0.5, 0.6) is 23.0 Å². The predicted molar refractivity (Wildman–Crippen MR) is 359 cm³/mol. The van der Waals surface area contributed by atoms with E-state index in [0.717, 1.165) is 27.2 Å². The van der Waals surface area contributed by atoms with Crippen LogP contribution in [0.4, 0.5) is 17.1 Å². The lowest BCUT2D eigenvalue weighted by Crippen LogP contribution is -2.45. The van der Waals surface area contributed by atoms with Crippen molar-refractivity contribution in [3.05, 3.63) is 149 Å². The van der Waals surface area contributed by atoms with Crippen molar-refractivity contribution in [2.45, 2.75) is 121 Å². The first-order valence-corrected chi connectivity index (χ1v) is 35.0. The number of rotatable bonds is 27. The Morgan fingerprint density at radius 3 is 1.53 bits per heavy atom. The van der Waals surface area contributed by atoms with Gasteiger partial charge in [-0.2, -0.15) is 0 Å². The van der Waals surface area contributed by atoms with Crippen LogP contribution >= 0.6 is 0 Å². The summed E-state index contributed by atoms with van der Waals surface area (Å²) in [7, 11) is -3.85. The average molecular weight is 1330 g/mol. The Balaban J connectivity index is 0.858. The molecule has 0 aromatic heterocycles. The topological polar surface area (TPSA) is 283 Å². The summed E-state index contributed by atoms with van der Waals surface area (Å²) in [6, 6.07) is 23.5. The standard InChI is InChI=1S/C71H77N7O15S2/c1-8-94(86,87)54-18-14-47(15-19-54)49-24-27-76-52(33-49)39-72-58-37-63(61(90-6)35-56(58)70(76)84)92-41-45-30-46(32-51(31-45)74-69(83)44(5)29-60(79)68(43(3)4)75-65(80)13-11-10-12-26-78-66(81)22-23-67(78)82)42-93-64-38-59-57(36-62(64)91-7)71(85)77-28-25-50(34-53(77)40-73-59)48-16-20-55(21-17-48)95(88,89)9-2/h14-25,30-32,35-40,43-44,52-53,68H,8-13,26-29,33-34,41-42H2,1-7H3,(H,74,83)(H,75,80)/t44-,52+,53+,68+/m1/s1. The SMILES string of the molecule is CCS(=O)(=O)c1ccc(C2=CCN3C(=O)c4cc(OC)c(OCc5cc(COc6cc7c(cc6OC)C(=O)N6CC=C(c8ccc(S(=O)(=O)CC)cc8)C[C@H]6C=N7)cc(NC(=O)[C@H](C)CC(=O)[C@@H](NC(=O)CCCCCN6C(=O)C=CC6=O)C(C)C)c5)cc4N=C[C@@H]3C2)cc1. The van der Waals surface area contributed by atoms with Crippen molar-refractivity contribution in [3.8, 4) is 23.0 Å². The Bertz CT molecular complexity index is 4020. The van der Waals surface area contributed by atoms with E-state index < -0.39 is 49.6 Å². The second kappa shape index (κ2) is 29.4. The van der Waals surface area contributed by atoms with Gasteiger partial charge >= 0.3 is 0 Å². The van der Waals surface area contributed by atoms with Crippen LogP contribution in [0.15, 0.2) is 135 Å². The van der Waals surface area contributed by atoms with Crippen LogP contribution in [0.25, 0.3) is 11.1 Å². The van der Waals surface area contributed by atoms with Crippen LogP contribution in [0.3, 0.4) is 0 Å². The fraction of sp³-hybridized carbons (Fsp3) is 0.366. The summed E-state index contributed by atoms with van der Waals surface area (Å²) in [5.41, 5.74) is 6.33. The van der Waals surface area contributed by atoms with Gasteiger partial charge in [-0.1, -0.05) is 77.5 Å². The number of imide groups is 1. The van der Waals surface area contributed by atoms with E-state index in [1.54, 1.807) is 128 Å². The maximum Gasteiger partial charge on any atom is 0.257 e. The van der Waals surface area contributed by atoms with E-state index in [1.165, 1.54) is 26.4 Å². The number of nitrogens with one attached hydrogen (secondary N) is 2. The molecule has 10 rings (SSSR count). The van der Waals surface area contributed by atoms with Gasteiger partial charge in [-0.15, -0.1) is 0 Å². The molecule has 0 spiro atoms. The molecule has 5 aromatic rings. The number of carbonyl (C=O) groups is 7. The number of ketones is 1. The van der Waals surface area contributed by atoms with E-state index in [9.17, 15) is 50.4 Å². The maximum atomic E-state index is 14.3. The first kappa shape index (κ1) is 68.3. The van der Waals surface area contributed by atoms with Gasteiger partial charge in [0.2, 0.25) is 11.8 Å². The van der Waals surface area contributed by atoms with Gasteiger partial charge in [-0.05, 0) is 120 Å². The molecule has 5 aromatic carbocycles. The highest BCUT2D eigenvalue weighted by molar-refractivity contribution is 7.91. The first-order chi connectivity index (χ1) is 45.5. The molecule has 5 heterocycles. The van der Waals surface area contributed by atoms with Crippen molar-refractivity contribution < 1.29 is 69.3 Å². The summed E-state index contributed by atoms with van der Waals surface area (Å²) >= 11 is 0. The third-order valence-electron chi connectivity index (χ3n) is 17.6. The third-order valence-corrected chi connectivity index (χ3v) is 21.1. The summed E-state index contributed by atoms with van der Waals surface area (Å²) in [5.74, 6) is -2.54. The van der Waals surface area contributed by atoms with E-state index in [-0.39, 0.29) is 131 Å². The second-order valence-corrected chi connectivity index (χ2v) is 28.9. The lowest BCUT2D eigenvalue weighted by atomic mass is 9.92. The Morgan fingerprint density at radius 2 is 1.08 bits per heavy atom. The molecule has 498 valence electrons. The number of fused-ring (bicyclic) bond motifs is 4. The zero-order valence-corrected chi connectivity index (χ0v) is 55.7. The van der Waals surface area contributed by atoms with Crippen molar-refractivity contribution in [1.82, 2.24) is 20.0 Å². The summed E-state index contributed by atoms with van der Waals surface area (Å²) in [6.07, 6.45) is 12.2. The van der Waals surface area contributed by atoms with Gasteiger partial charge in [0.1, 0.15) is 13.2 Å². The molecule has 0 unspecified atom stereocenters. The molecule has 0 saturated carbocycles. The van der Waals surface area contributed by atoms with Crippen LogP contribution in [0, 0.1) is 11.8 Å². The van der Waals surface area contributed by atoms with Crippen LogP contribution in [0.1, 0.15) is 123 Å². The number of amides is 6. The van der Waals surface area contributed by atoms with Crippen molar-refractivity contribution in [2.75, 3.05) is 50.7 Å². The molecule has 24 heteroatoms. The smallest absolute Gasteiger partial charge is 0.257 e. The molecule has 6 amide bonds. The van der Waals surface area contributed by atoms with Crippen LogP contribution in [-0.4, -0.2) is 149 Å². The molecule has 2 N–H and O–H groups in total. The number of hydrogen-bond acceptors (Lipinski definition) is 17. The van der Waals surface area contributed by atoms with Crippen molar-refractivity contribution in [2.24, 2.45) is 21.8 Å². The fourth-order valence-electron chi connectivity index (χ4n) is 12.0. The van der Waals surface area contributed by atoms with E-state index in [2.05, 4.69) is 10.6 Å². The summed E-state index contributed by atoms with van der Waals surface area (Å²) in [6.45, 7) is 9.06. The number of hydrogen-bond donors (Lipinski definition) is 2. The van der Waals surface area contributed by atoms with E-state index in [0.29, 0.717) is 71.4 Å². The molecule has 5 aliphatic rings. The third kappa shape index (κ3) is 15.7. The number of anilines is 1. The normalized spacial score (nSPS) is 17.4. The van der Waals surface area contributed by atoms with E-state index in [4.69, 9.17) is 28.9 Å². The number of benzene rings is 5. The molecule has 0 aliphatic carbocycles. The Kier molecular flexibility index (Phi) is 21.1. The van der Waals surface area contributed by atoms with E-state index in [1.807, 2.05) is 32.1 Å². The lowest BCUT2D eigenvalue weighted by molar-refractivity contribution is -0.137. The first-order valence-electron chi connectivity index (χ1n) is 31.7. The number of unbranched alkanes of at least 4 members (excludes halogenated alkanes) is 2. The van der Waals surface area contributed by atoms with Crippen molar-refractivity contribution in [3.63, 3.8) is 0 Å². The van der Waals surface area contributed by atoms with Crippen LogP contribution in [-0.2, 0) is 56.9 Å². The average Bonchev–Trinajstić information content (AvgIpc) is 1.72. The zero-order chi connectivity index (χ0) is 67.9. The number of Topliss-reactive ketones (excluding diaryl/α,β-unsaturated/α-hetero) is 1.